The monoisotopic (exact) mass is 349 g/mol. The van der Waals surface area contributed by atoms with E-state index in [1.807, 2.05) is 24.0 Å². The second kappa shape index (κ2) is 8.49. The Morgan fingerprint density at radius 3 is 3.20 bits per heavy atom. The Hall–Kier alpha value is -1.86. The van der Waals surface area contributed by atoms with Crippen molar-refractivity contribution < 1.29 is 19.4 Å². The second-order valence-corrected chi connectivity index (χ2v) is 6.56. The number of carbonyl (C=O) groups is 1. The summed E-state index contributed by atoms with van der Waals surface area (Å²) >= 11 is 0. The van der Waals surface area contributed by atoms with Gasteiger partial charge in [-0.3, -0.25) is 0 Å². The van der Waals surface area contributed by atoms with E-state index in [1.54, 1.807) is 6.20 Å². The van der Waals surface area contributed by atoms with Crippen molar-refractivity contribution in [1.29, 1.82) is 0 Å². The van der Waals surface area contributed by atoms with Crippen molar-refractivity contribution in [2.24, 2.45) is 5.92 Å². The van der Waals surface area contributed by atoms with Crippen LogP contribution in [-0.2, 0) is 11.3 Å². The van der Waals surface area contributed by atoms with Crippen molar-refractivity contribution in [3.63, 3.8) is 0 Å². The van der Waals surface area contributed by atoms with Gasteiger partial charge in [-0.2, -0.15) is 0 Å². The van der Waals surface area contributed by atoms with Crippen LogP contribution in [0.3, 0.4) is 0 Å². The number of aliphatic hydroxyl groups excluding tert-OH is 1. The van der Waals surface area contributed by atoms with Crippen LogP contribution in [0.4, 0.5) is 4.79 Å². The third kappa shape index (κ3) is 4.22. The lowest BCUT2D eigenvalue weighted by Crippen LogP contribution is -2.50. The maximum atomic E-state index is 12.7. The van der Waals surface area contributed by atoms with Gasteiger partial charge in [0.05, 0.1) is 19.3 Å². The van der Waals surface area contributed by atoms with Crippen LogP contribution in [-0.4, -0.2) is 59.5 Å². The fourth-order valence-corrected chi connectivity index (χ4v) is 3.70. The summed E-state index contributed by atoms with van der Waals surface area (Å²) < 4.78 is 11.0. The average molecular weight is 349 g/mol. The molecule has 1 aromatic heterocycles. The number of aliphatic hydroxyl groups is 1. The van der Waals surface area contributed by atoms with E-state index in [4.69, 9.17) is 9.47 Å². The van der Waals surface area contributed by atoms with E-state index in [0.717, 1.165) is 18.4 Å². The van der Waals surface area contributed by atoms with Crippen LogP contribution in [0.5, 0.6) is 5.88 Å². The van der Waals surface area contributed by atoms with Gasteiger partial charge in [0.25, 0.3) is 0 Å². The molecule has 0 saturated carbocycles. The molecule has 3 heterocycles. The minimum Gasteiger partial charge on any atom is -0.478 e. The van der Waals surface area contributed by atoms with Crippen LogP contribution < -0.4 is 10.1 Å². The molecule has 3 rings (SSSR count). The summed E-state index contributed by atoms with van der Waals surface area (Å²) in [5.74, 6) is 0.554. The van der Waals surface area contributed by atoms with E-state index in [1.165, 1.54) is 0 Å². The van der Waals surface area contributed by atoms with Crippen LogP contribution >= 0.6 is 0 Å². The molecule has 2 aliphatic heterocycles. The van der Waals surface area contributed by atoms with E-state index in [0.29, 0.717) is 45.2 Å². The normalized spacial score (nSPS) is 26.5. The molecule has 2 saturated heterocycles. The third-order valence-corrected chi connectivity index (χ3v) is 4.98. The summed E-state index contributed by atoms with van der Waals surface area (Å²) in [6.07, 6.45) is 3.80. The Morgan fingerprint density at radius 1 is 1.52 bits per heavy atom. The Kier molecular flexibility index (Phi) is 6.09. The molecule has 2 N–H and O–H groups in total. The number of likely N-dealkylation sites (tertiary alicyclic amines) is 1. The zero-order valence-electron chi connectivity index (χ0n) is 14.7. The summed E-state index contributed by atoms with van der Waals surface area (Å²) in [5.41, 5.74) is 0.856. The lowest BCUT2D eigenvalue weighted by molar-refractivity contribution is -0.0576. The van der Waals surface area contributed by atoms with Crippen LogP contribution in [0.25, 0.3) is 0 Å². The molecule has 2 aliphatic rings. The molecular formula is C18H27N3O4. The topological polar surface area (TPSA) is 83.9 Å². The Balaban J connectivity index is 1.60. The molecule has 2 amide bonds. The van der Waals surface area contributed by atoms with Gasteiger partial charge in [0.15, 0.2) is 0 Å². The molecule has 0 bridgehead atoms. The number of pyridine rings is 1. The van der Waals surface area contributed by atoms with E-state index >= 15 is 0 Å². The van der Waals surface area contributed by atoms with Gasteiger partial charge in [-0.05, 0) is 32.3 Å². The molecule has 0 aromatic carbocycles. The maximum absolute atomic E-state index is 12.7. The fourth-order valence-electron chi connectivity index (χ4n) is 3.70. The molecule has 3 unspecified atom stereocenters. The number of aromatic nitrogens is 1. The minimum absolute atomic E-state index is 0.000576. The van der Waals surface area contributed by atoms with Crippen molar-refractivity contribution >= 4 is 6.03 Å². The first kappa shape index (κ1) is 17.9. The molecule has 7 nitrogen and oxygen atoms in total. The standard InChI is InChI=1S/C18H27N3O4/c1-2-25-17-13(5-3-8-19-17)11-20-18(23)21-9-4-6-15(21)14-12-24-10-7-16(14)22/h3,5,8,14-16,22H,2,4,6-7,9-12H2,1H3,(H,20,23). The maximum Gasteiger partial charge on any atom is 0.317 e. The quantitative estimate of drug-likeness (QED) is 0.843. The highest BCUT2D eigenvalue weighted by Crippen LogP contribution is 2.30. The first-order chi connectivity index (χ1) is 12.2. The molecule has 1 aromatic rings. The highest BCUT2D eigenvalue weighted by Gasteiger charge is 2.39. The Labute approximate surface area is 148 Å². The zero-order chi connectivity index (χ0) is 17.6. The molecule has 0 radical (unpaired) electrons. The molecule has 7 heteroatoms. The van der Waals surface area contributed by atoms with Gasteiger partial charge in [0.2, 0.25) is 5.88 Å². The van der Waals surface area contributed by atoms with Crippen LogP contribution in [0.1, 0.15) is 31.7 Å². The number of ether oxygens (including phenoxy) is 2. The van der Waals surface area contributed by atoms with Crippen molar-refractivity contribution in [2.75, 3.05) is 26.4 Å². The van der Waals surface area contributed by atoms with E-state index in [-0.39, 0.29) is 18.0 Å². The molecule has 2 fully saturated rings. The molecule has 0 aliphatic carbocycles. The van der Waals surface area contributed by atoms with Gasteiger partial charge in [-0.1, -0.05) is 6.07 Å². The van der Waals surface area contributed by atoms with E-state index < -0.39 is 6.10 Å². The SMILES string of the molecule is CCOc1ncccc1CNC(=O)N1CCCC1C1COCCC1O. The molecule has 0 spiro atoms. The average Bonchev–Trinajstić information content (AvgIpc) is 3.11. The predicted molar refractivity (Wildman–Crippen MR) is 92.3 cm³/mol. The Bertz CT molecular complexity index is 583. The number of nitrogens with one attached hydrogen (secondary N) is 1. The summed E-state index contributed by atoms with van der Waals surface area (Å²) in [4.78, 5) is 18.7. The minimum atomic E-state index is -0.393. The van der Waals surface area contributed by atoms with E-state index in [9.17, 15) is 9.90 Å². The third-order valence-electron chi connectivity index (χ3n) is 4.98. The smallest absolute Gasteiger partial charge is 0.317 e. The summed E-state index contributed by atoms with van der Waals surface area (Å²) in [7, 11) is 0. The molecular weight excluding hydrogens is 322 g/mol. The van der Waals surface area contributed by atoms with Crippen molar-refractivity contribution in [3.05, 3.63) is 23.9 Å². The van der Waals surface area contributed by atoms with Gasteiger partial charge < -0.3 is 24.8 Å². The van der Waals surface area contributed by atoms with Gasteiger partial charge in [0, 0.05) is 43.4 Å². The Morgan fingerprint density at radius 2 is 2.40 bits per heavy atom. The largest absolute Gasteiger partial charge is 0.478 e. The number of hydrogen-bond acceptors (Lipinski definition) is 5. The van der Waals surface area contributed by atoms with Crippen molar-refractivity contribution in [1.82, 2.24) is 15.2 Å². The number of urea groups is 1. The van der Waals surface area contributed by atoms with Crippen LogP contribution in [0.2, 0.25) is 0 Å². The number of amides is 2. The highest BCUT2D eigenvalue weighted by atomic mass is 16.5. The van der Waals surface area contributed by atoms with E-state index in [2.05, 4.69) is 10.3 Å². The lowest BCUT2D eigenvalue weighted by atomic mass is 9.89. The number of rotatable bonds is 5. The highest BCUT2D eigenvalue weighted by molar-refractivity contribution is 5.75. The van der Waals surface area contributed by atoms with Gasteiger partial charge in [0.1, 0.15) is 0 Å². The fraction of sp³-hybridized carbons (Fsp3) is 0.667. The number of hydrogen-bond donors (Lipinski definition) is 2. The van der Waals surface area contributed by atoms with Gasteiger partial charge in [-0.15, -0.1) is 0 Å². The predicted octanol–water partition coefficient (Wildman–Crippen LogP) is 1.55. The van der Waals surface area contributed by atoms with Crippen molar-refractivity contribution in [2.45, 2.75) is 44.9 Å². The number of carbonyl (C=O) groups excluding carboxylic acids is 1. The lowest BCUT2D eigenvalue weighted by Gasteiger charge is -2.36. The first-order valence-electron chi connectivity index (χ1n) is 9.07. The van der Waals surface area contributed by atoms with Gasteiger partial charge >= 0.3 is 6.03 Å². The molecule has 25 heavy (non-hydrogen) atoms. The first-order valence-corrected chi connectivity index (χ1v) is 9.07. The number of nitrogens with zero attached hydrogens (tertiary/aromatic N) is 2. The van der Waals surface area contributed by atoms with Gasteiger partial charge in [-0.25, -0.2) is 9.78 Å². The molecule has 138 valence electrons. The summed E-state index contributed by atoms with van der Waals surface area (Å²) in [6, 6.07) is 3.67. The van der Waals surface area contributed by atoms with Crippen molar-refractivity contribution in [3.8, 4) is 5.88 Å². The van der Waals surface area contributed by atoms with Crippen LogP contribution in [0.15, 0.2) is 18.3 Å². The molecule has 3 atom stereocenters. The zero-order valence-corrected chi connectivity index (χ0v) is 14.7. The van der Waals surface area contributed by atoms with Crippen LogP contribution in [0, 0.1) is 5.92 Å². The second-order valence-electron chi connectivity index (χ2n) is 6.56. The summed E-state index contributed by atoms with van der Waals surface area (Å²) in [6.45, 7) is 4.64. The summed E-state index contributed by atoms with van der Waals surface area (Å²) in [5, 5.41) is 13.2.